The van der Waals surface area contributed by atoms with E-state index in [2.05, 4.69) is 5.32 Å². The number of nitrogens with one attached hydrogen (secondary N) is 1. The predicted molar refractivity (Wildman–Crippen MR) is 72.7 cm³/mol. The van der Waals surface area contributed by atoms with Gasteiger partial charge in [-0.15, -0.1) is 0 Å². The van der Waals surface area contributed by atoms with Crippen molar-refractivity contribution in [2.45, 2.75) is 26.3 Å². The van der Waals surface area contributed by atoms with Crippen LogP contribution in [0.2, 0.25) is 0 Å². The Morgan fingerprint density at radius 3 is 2.71 bits per heavy atom. The van der Waals surface area contributed by atoms with Crippen LogP contribution in [0.1, 0.15) is 28.3 Å². The molecule has 0 saturated carbocycles. The number of furan rings is 1. The molecule has 3 rings (SSSR count). The molecule has 7 nitrogen and oxygen atoms in total. The molecule has 7 heteroatoms. The van der Waals surface area contributed by atoms with Gasteiger partial charge in [0.15, 0.2) is 0 Å². The molecule has 2 aliphatic heterocycles. The number of amides is 4. The number of aryl methyl sites for hydroxylation is 2. The quantitative estimate of drug-likeness (QED) is 0.812. The van der Waals surface area contributed by atoms with Crippen molar-refractivity contribution in [3.05, 3.63) is 23.2 Å². The van der Waals surface area contributed by atoms with Crippen LogP contribution in [0.25, 0.3) is 0 Å². The fraction of sp³-hybridized carbons (Fsp3) is 0.500. The van der Waals surface area contributed by atoms with E-state index in [9.17, 15) is 14.4 Å². The third-order valence-electron chi connectivity index (χ3n) is 3.97. The van der Waals surface area contributed by atoms with Crippen LogP contribution < -0.4 is 5.32 Å². The van der Waals surface area contributed by atoms with Gasteiger partial charge in [-0.3, -0.25) is 14.5 Å². The van der Waals surface area contributed by atoms with Crippen molar-refractivity contribution < 1.29 is 18.8 Å². The summed E-state index contributed by atoms with van der Waals surface area (Å²) in [5, 5.41) is 2.50. The van der Waals surface area contributed by atoms with E-state index in [1.165, 1.54) is 4.90 Å². The zero-order valence-electron chi connectivity index (χ0n) is 12.0. The lowest BCUT2D eigenvalue weighted by Crippen LogP contribution is -2.42. The number of likely N-dealkylation sites (tertiary alicyclic amines) is 1. The smallest absolute Gasteiger partial charge is 0.324 e. The van der Waals surface area contributed by atoms with Crippen molar-refractivity contribution in [3.8, 4) is 0 Å². The van der Waals surface area contributed by atoms with Gasteiger partial charge in [0.05, 0.1) is 18.2 Å². The van der Waals surface area contributed by atoms with Crippen molar-refractivity contribution in [2.75, 3.05) is 19.6 Å². The van der Waals surface area contributed by atoms with E-state index in [1.54, 1.807) is 24.8 Å². The van der Waals surface area contributed by atoms with Crippen LogP contribution in [0.15, 0.2) is 10.5 Å². The number of urea groups is 1. The summed E-state index contributed by atoms with van der Waals surface area (Å²) in [4.78, 5) is 38.7. The maximum absolute atomic E-state index is 12.5. The minimum Gasteiger partial charge on any atom is -0.466 e. The second-order valence-corrected chi connectivity index (χ2v) is 5.44. The number of rotatable bonds is 2. The number of carbonyl (C=O) groups is 3. The Labute approximate surface area is 121 Å². The minimum atomic E-state index is -0.366. The molecule has 2 saturated heterocycles. The Balaban J connectivity index is 1.72. The first-order valence-electron chi connectivity index (χ1n) is 6.93. The SMILES string of the molecule is Cc1cc(C(=O)N2CCC(N3C(=O)CNC3=O)C2)c(C)o1. The second-order valence-electron chi connectivity index (χ2n) is 5.44. The molecule has 0 aliphatic carbocycles. The van der Waals surface area contributed by atoms with E-state index in [0.717, 1.165) is 0 Å². The molecule has 3 heterocycles. The highest BCUT2D eigenvalue weighted by molar-refractivity contribution is 6.02. The van der Waals surface area contributed by atoms with Crippen molar-refractivity contribution in [3.63, 3.8) is 0 Å². The first kappa shape index (κ1) is 13.7. The van der Waals surface area contributed by atoms with Gasteiger partial charge >= 0.3 is 6.03 Å². The Kier molecular flexibility index (Phi) is 3.19. The molecule has 1 aromatic heterocycles. The molecule has 21 heavy (non-hydrogen) atoms. The topological polar surface area (TPSA) is 82.9 Å². The van der Waals surface area contributed by atoms with E-state index >= 15 is 0 Å². The molecule has 4 amide bonds. The number of hydrogen-bond acceptors (Lipinski definition) is 4. The van der Waals surface area contributed by atoms with Crippen molar-refractivity contribution in [1.82, 2.24) is 15.1 Å². The van der Waals surface area contributed by atoms with Gasteiger partial charge in [-0.2, -0.15) is 0 Å². The average molecular weight is 291 g/mol. The zero-order chi connectivity index (χ0) is 15.1. The van der Waals surface area contributed by atoms with Crippen LogP contribution in [0.3, 0.4) is 0 Å². The highest BCUT2D eigenvalue weighted by atomic mass is 16.3. The van der Waals surface area contributed by atoms with Gasteiger partial charge in [-0.25, -0.2) is 4.79 Å². The Morgan fingerprint density at radius 2 is 2.14 bits per heavy atom. The molecule has 0 radical (unpaired) electrons. The highest BCUT2D eigenvalue weighted by Gasteiger charge is 2.40. The van der Waals surface area contributed by atoms with Crippen LogP contribution in [0, 0.1) is 13.8 Å². The van der Waals surface area contributed by atoms with Crippen LogP contribution in [0.5, 0.6) is 0 Å². The first-order valence-corrected chi connectivity index (χ1v) is 6.93. The lowest BCUT2D eigenvalue weighted by Gasteiger charge is -2.21. The number of nitrogens with zero attached hydrogens (tertiary/aromatic N) is 2. The summed E-state index contributed by atoms with van der Waals surface area (Å²) < 4.78 is 5.38. The fourth-order valence-corrected chi connectivity index (χ4v) is 2.95. The first-order chi connectivity index (χ1) is 9.97. The molecule has 112 valence electrons. The third-order valence-corrected chi connectivity index (χ3v) is 3.97. The standard InChI is InChI=1S/C14H17N3O4/c1-8-5-11(9(2)21-8)13(19)16-4-3-10(7-16)17-12(18)6-15-14(17)20/h5,10H,3-4,6-7H2,1-2H3,(H,15,20). The van der Waals surface area contributed by atoms with E-state index in [4.69, 9.17) is 4.42 Å². The fourth-order valence-electron chi connectivity index (χ4n) is 2.95. The maximum Gasteiger partial charge on any atom is 0.324 e. The lowest BCUT2D eigenvalue weighted by atomic mass is 10.2. The minimum absolute atomic E-state index is 0.0450. The van der Waals surface area contributed by atoms with E-state index in [1.807, 2.05) is 0 Å². The van der Waals surface area contributed by atoms with Crippen LogP contribution >= 0.6 is 0 Å². The van der Waals surface area contributed by atoms with Crippen molar-refractivity contribution in [1.29, 1.82) is 0 Å². The molecular formula is C14H17N3O4. The van der Waals surface area contributed by atoms with Gasteiger partial charge < -0.3 is 14.6 Å². The van der Waals surface area contributed by atoms with E-state index in [-0.39, 0.29) is 30.4 Å². The molecule has 1 N–H and O–H groups in total. The summed E-state index contributed by atoms with van der Waals surface area (Å²) >= 11 is 0. The molecule has 2 fully saturated rings. The number of imide groups is 1. The van der Waals surface area contributed by atoms with Gasteiger partial charge in [-0.05, 0) is 26.3 Å². The lowest BCUT2D eigenvalue weighted by molar-refractivity contribution is -0.126. The molecule has 1 atom stereocenters. The summed E-state index contributed by atoms with van der Waals surface area (Å²) in [7, 11) is 0. The third kappa shape index (κ3) is 2.28. The number of hydrogen-bond donors (Lipinski definition) is 1. The van der Waals surface area contributed by atoms with Crippen LogP contribution in [-0.4, -0.2) is 53.3 Å². The van der Waals surface area contributed by atoms with Crippen LogP contribution in [0.4, 0.5) is 4.79 Å². The number of carbonyl (C=O) groups excluding carboxylic acids is 3. The van der Waals surface area contributed by atoms with E-state index < -0.39 is 0 Å². The van der Waals surface area contributed by atoms with Crippen molar-refractivity contribution >= 4 is 17.8 Å². The molecule has 0 aromatic carbocycles. The summed E-state index contributed by atoms with van der Waals surface area (Å²) in [5.74, 6) is 0.949. The zero-order valence-corrected chi connectivity index (χ0v) is 12.0. The molecule has 2 aliphatic rings. The molecule has 0 spiro atoms. The largest absolute Gasteiger partial charge is 0.466 e. The average Bonchev–Trinajstić information content (AvgIpc) is 3.10. The van der Waals surface area contributed by atoms with Gasteiger partial charge in [0.1, 0.15) is 11.5 Å². The van der Waals surface area contributed by atoms with Gasteiger partial charge in [0, 0.05) is 13.1 Å². The van der Waals surface area contributed by atoms with Gasteiger partial charge in [-0.1, -0.05) is 0 Å². The Bertz CT molecular complexity index is 606. The molecule has 1 aromatic rings. The molecule has 0 bridgehead atoms. The van der Waals surface area contributed by atoms with Crippen LogP contribution in [-0.2, 0) is 4.79 Å². The summed E-state index contributed by atoms with van der Waals surface area (Å²) in [6, 6.07) is 1.12. The summed E-state index contributed by atoms with van der Waals surface area (Å²) in [6.45, 7) is 4.50. The Hall–Kier alpha value is -2.31. The predicted octanol–water partition coefficient (Wildman–Crippen LogP) is 0.663. The summed E-state index contributed by atoms with van der Waals surface area (Å²) in [5.41, 5.74) is 0.547. The second kappa shape index (κ2) is 4.91. The summed E-state index contributed by atoms with van der Waals surface area (Å²) in [6.07, 6.45) is 0.612. The normalized spacial score (nSPS) is 22.1. The maximum atomic E-state index is 12.5. The van der Waals surface area contributed by atoms with Gasteiger partial charge in [0.25, 0.3) is 5.91 Å². The van der Waals surface area contributed by atoms with E-state index in [0.29, 0.717) is 36.6 Å². The molecular weight excluding hydrogens is 274 g/mol. The van der Waals surface area contributed by atoms with Crippen molar-refractivity contribution in [2.24, 2.45) is 0 Å². The monoisotopic (exact) mass is 291 g/mol. The van der Waals surface area contributed by atoms with Gasteiger partial charge in [0.2, 0.25) is 5.91 Å². The Morgan fingerprint density at radius 1 is 1.38 bits per heavy atom. The molecule has 1 unspecified atom stereocenters. The highest BCUT2D eigenvalue weighted by Crippen LogP contribution is 2.22.